The zero-order chi connectivity index (χ0) is 15.8. The molecule has 8 heteroatoms. The van der Waals surface area contributed by atoms with Crippen LogP contribution >= 0.6 is 0 Å². The van der Waals surface area contributed by atoms with Gasteiger partial charge in [-0.3, -0.25) is 9.78 Å². The van der Waals surface area contributed by atoms with Crippen LogP contribution in [0.25, 0.3) is 0 Å². The first-order valence-electron chi connectivity index (χ1n) is 6.28. The molecular formula is C13H14F3N3O2. The number of carbonyl (C=O) groups excluding carboxylic acids is 1. The van der Waals surface area contributed by atoms with Crippen LogP contribution in [-0.2, 0) is 0 Å². The fourth-order valence-electron chi connectivity index (χ4n) is 1.94. The van der Waals surface area contributed by atoms with Gasteiger partial charge in [-0.2, -0.15) is 23.3 Å². The average molecular weight is 301 g/mol. The third-order valence-electron chi connectivity index (χ3n) is 3.23. The van der Waals surface area contributed by atoms with Gasteiger partial charge >= 0.3 is 6.18 Å². The van der Waals surface area contributed by atoms with Gasteiger partial charge in [0.1, 0.15) is 0 Å². The van der Waals surface area contributed by atoms with Crippen molar-refractivity contribution in [3.8, 4) is 0 Å². The number of nitrogens with zero attached hydrogens (tertiary/aromatic N) is 3. The van der Waals surface area contributed by atoms with Crippen LogP contribution in [-0.4, -0.2) is 38.6 Å². The third-order valence-corrected chi connectivity index (χ3v) is 3.23. The Morgan fingerprint density at radius 3 is 2.62 bits per heavy atom. The molecule has 2 rings (SSSR count). The van der Waals surface area contributed by atoms with Crippen LogP contribution in [0.4, 0.5) is 13.2 Å². The number of alkyl halides is 3. The maximum absolute atomic E-state index is 13.2. The van der Waals surface area contributed by atoms with Crippen molar-refractivity contribution in [2.75, 3.05) is 0 Å². The molecule has 0 radical (unpaired) electrons. The van der Waals surface area contributed by atoms with Crippen LogP contribution in [0.15, 0.2) is 29.6 Å². The van der Waals surface area contributed by atoms with E-state index < -0.39 is 24.2 Å². The summed E-state index contributed by atoms with van der Waals surface area (Å²) in [5.41, 5.74) is -3.28. The van der Waals surface area contributed by atoms with E-state index in [4.69, 9.17) is 0 Å². The van der Waals surface area contributed by atoms with Crippen molar-refractivity contribution >= 4 is 11.6 Å². The lowest BCUT2D eigenvalue weighted by molar-refractivity contribution is -0.297. The predicted molar refractivity (Wildman–Crippen MR) is 68.3 cm³/mol. The van der Waals surface area contributed by atoms with Crippen LogP contribution < -0.4 is 0 Å². The summed E-state index contributed by atoms with van der Waals surface area (Å²) >= 11 is 0. The molecule has 1 aromatic rings. The molecule has 0 aromatic carbocycles. The molecule has 0 bridgehead atoms. The molecule has 1 amide bonds. The van der Waals surface area contributed by atoms with Gasteiger partial charge in [0.25, 0.3) is 11.6 Å². The fraction of sp³-hybridized carbons (Fsp3) is 0.462. The molecule has 1 aliphatic heterocycles. The van der Waals surface area contributed by atoms with Gasteiger partial charge in [-0.1, -0.05) is 13.8 Å². The largest absolute Gasteiger partial charge is 0.438 e. The van der Waals surface area contributed by atoms with E-state index in [9.17, 15) is 23.1 Å². The maximum atomic E-state index is 13.2. The van der Waals surface area contributed by atoms with Crippen LogP contribution in [0.2, 0.25) is 0 Å². The molecule has 0 saturated carbocycles. The Morgan fingerprint density at radius 2 is 2.14 bits per heavy atom. The lowest BCUT2D eigenvalue weighted by Crippen LogP contribution is -2.56. The van der Waals surface area contributed by atoms with Gasteiger partial charge in [0.15, 0.2) is 0 Å². The van der Waals surface area contributed by atoms with E-state index in [1.807, 2.05) is 0 Å². The van der Waals surface area contributed by atoms with Gasteiger partial charge < -0.3 is 5.11 Å². The second kappa shape index (κ2) is 5.10. The summed E-state index contributed by atoms with van der Waals surface area (Å²) in [5.74, 6) is -1.36. The fourth-order valence-corrected chi connectivity index (χ4v) is 1.94. The maximum Gasteiger partial charge on any atom is 0.438 e. The molecule has 0 fully saturated rings. The summed E-state index contributed by atoms with van der Waals surface area (Å²) in [4.78, 5) is 15.9. The molecule has 1 atom stereocenters. The van der Waals surface area contributed by atoms with Crippen molar-refractivity contribution in [2.45, 2.75) is 32.2 Å². The summed E-state index contributed by atoms with van der Waals surface area (Å²) in [6.45, 7) is 3.29. The summed E-state index contributed by atoms with van der Waals surface area (Å²) < 4.78 is 39.5. The Bertz CT molecular complexity index is 572. The molecule has 2 heterocycles. The van der Waals surface area contributed by atoms with Gasteiger partial charge in [-0.15, -0.1) is 0 Å². The monoisotopic (exact) mass is 301 g/mol. The summed E-state index contributed by atoms with van der Waals surface area (Å²) in [7, 11) is 0. The second-order valence-corrected chi connectivity index (χ2v) is 5.10. The predicted octanol–water partition coefficient (Wildman–Crippen LogP) is 2.19. The van der Waals surface area contributed by atoms with Crippen LogP contribution in [0.5, 0.6) is 0 Å². The molecule has 5 nitrogen and oxygen atoms in total. The molecule has 0 spiro atoms. The average Bonchev–Trinajstić information content (AvgIpc) is 2.78. The molecule has 1 aliphatic rings. The highest BCUT2D eigenvalue weighted by atomic mass is 19.4. The zero-order valence-corrected chi connectivity index (χ0v) is 11.4. The van der Waals surface area contributed by atoms with Crippen molar-refractivity contribution in [3.63, 3.8) is 0 Å². The quantitative estimate of drug-likeness (QED) is 0.910. The van der Waals surface area contributed by atoms with E-state index in [2.05, 4.69) is 10.1 Å². The zero-order valence-electron chi connectivity index (χ0n) is 11.4. The smallest absolute Gasteiger partial charge is 0.362 e. The number of halogens is 3. The number of aliphatic hydroxyl groups is 1. The SMILES string of the molecule is CC(C)C1=NN(C(=O)c2cccnc2)[C@](O)(C(F)(F)F)C1. The normalized spacial score (nSPS) is 22.6. The molecule has 0 unspecified atom stereocenters. The minimum atomic E-state index is -5.01. The molecule has 0 saturated heterocycles. The molecule has 0 aliphatic carbocycles. The van der Waals surface area contributed by atoms with E-state index in [0.29, 0.717) is 0 Å². The van der Waals surface area contributed by atoms with Gasteiger partial charge in [0, 0.05) is 24.5 Å². The number of carbonyl (C=O) groups is 1. The highest BCUT2D eigenvalue weighted by molar-refractivity contribution is 5.98. The van der Waals surface area contributed by atoms with Gasteiger partial charge in [-0.05, 0) is 18.1 Å². The minimum Gasteiger partial charge on any atom is -0.362 e. The van der Waals surface area contributed by atoms with Crippen molar-refractivity contribution < 1.29 is 23.1 Å². The second-order valence-electron chi connectivity index (χ2n) is 5.10. The Morgan fingerprint density at radius 1 is 1.48 bits per heavy atom. The van der Waals surface area contributed by atoms with Crippen molar-refractivity contribution in [1.82, 2.24) is 9.99 Å². The number of hydrogen-bond acceptors (Lipinski definition) is 4. The standard InChI is InChI=1S/C13H14F3N3O2/c1-8(2)10-6-12(21,13(14,15)16)19(18-10)11(20)9-4-3-5-17-7-9/h3-5,7-8,21H,6H2,1-2H3/t12-/m1/s1. The Kier molecular flexibility index (Phi) is 3.75. The summed E-state index contributed by atoms with van der Waals surface area (Å²) in [6.07, 6.45) is -3.24. The van der Waals surface area contributed by atoms with E-state index in [1.54, 1.807) is 13.8 Å². The van der Waals surface area contributed by atoms with Crippen LogP contribution in [0, 0.1) is 5.92 Å². The Balaban J connectivity index is 2.44. The third kappa shape index (κ3) is 2.63. The number of rotatable bonds is 2. The van der Waals surface area contributed by atoms with Crippen molar-refractivity contribution in [3.05, 3.63) is 30.1 Å². The first-order chi connectivity index (χ1) is 9.67. The van der Waals surface area contributed by atoms with Crippen LogP contribution in [0.1, 0.15) is 30.6 Å². The van der Waals surface area contributed by atoms with Crippen molar-refractivity contribution in [1.29, 1.82) is 0 Å². The summed E-state index contributed by atoms with van der Waals surface area (Å²) in [5, 5.41) is 13.8. The lowest BCUT2D eigenvalue weighted by Gasteiger charge is -2.32. The molecule has 1 aromatic heterocycles. The number of hydrazone groups is 1. The first-order valence-corrected chi connectivity index (χ1v) is 6.28. The summed E-state index contributed by atoms with van der Waals surface area (Å²) in [6, 6.07) is 2.73. The highest BCUT2D eigenvalue weighted by Gasteiger charge is 2.63. The van der Waals surface area contributed by atoms with E-state index in [-0.39, 0.29) is 22.2 Å². The van der Waals surface area contributed by atoms with Gasteiger partial charge in [0.2, 0.25) is 0 Å². The highest BCUT2D eigenvalue weighted by Crippen LogP contribution is 2.41. The molecule has 21 heavy (non-hydrogen) atoms. The molecule has 114 valence electrons. The van der Waals surface area contributed by atoms with E-state index in [0.717, 1.165) is 6.20 Å². The van der Waals surface area contributed by atoms with E-state index >= 15 is 0 Å². The number of aromatic nitrogens is 1. The number of amides is 1. The van der Waals surface area contributed by atoms with Gasteiger partial charge in [0.05, 0.1) is 5.56 Å². The van der Waals surface area contributed by atoms with Gasteiger partial charge in [-0.25, -0.2) is 0 Å². The molecule has 1 N–H and O–H groups in total. The molecular weight excluding hydrogens is 287 g/mol. The Hall–Kier alpha value is -1.96. The number of hydrogen-bond donors (Lipinski definition) is 1. The van der Waals surface area contributed by atoms with Crippen molar-refractivity contribution in [2.24, 2.45) is 11.0 Å². The van der Waals surface area contributed by atoms with E-state index in [1.165, 1.54) is 18.3 Å². The Labute approximate surface area is 119 Å². The number of pyridine rings is 1. The topological polar surface area (TPSA) is 65.8 Å². The van der Waals surface area contributed by atoms with Crippen LogP contribution in [0.3, 0.4) is 0 Å². The first kappa shape index (κ1) is 15.4. The lowest BCUT2D eigenvalue weighted by atomic mass is 9.99. The minimum absolute atomic E-state index is 0.0751.